The normalized spacial score (nSPS) is 12.4. The maximum absolute atomic E-state index is 11.9. The average molecular weight is 265 g/mol. The quantitative estimate of drug-likeness (QED) is 0.888. The smallest absolute Gasteiger partial charge is 0.260 e. The molecule has 1 N–H and O–H groups in total. The summed E-state index contributed by atoms with van der Waals surface area (Å²) in [7, 11) is 1.75. The number of aryl methyl sites for hydroxylation is 1. The van der Waals surface area contributed by atoms with Crippen LogP contribution in [0.15, 0.2) is 18.2 Å². The minimum absolute atomic E-state index is 0.0160. The highest BCUT2D eigenvalue weighted by Gasteiger charge is 2.15. The van der Waals surface area contributed by atoms with Gasteiger partial charge in [-0.15, -0.1) is 0 Å². The van der Waals surface area contributed by atoms with E-state index in [4.69, 9.17) is 4.74 Å². The van der Waals surface area contributed by atoms with E-state index >= 15 is 0 Å². The molecule has 19 heavy (non-hydrogen) atoms. The maximum atomic E-state index is 11.9. The molecule has 4 nitrogen and oxygen atoms in total. The molecule has 0 spiro atoms. The van der Waals surface area contributed by atoms with Gasteiger partial charge in [0.25, 0.3) is 5.91 Å². The highest BCUT2D eigenvalue weighted by molar-refractivity contribution is 5.77. The lowest BCUT2D eigenvalue weighted by atomic mass is 10.1. The number of hydrogen-bond donors (Lipinski definition) is 1. The van der Waals surface area contributed by atoms with Gasteiger partial charge in [-0.05, 0) is 39.3 Å². The molecule has 106 valence electrons. The SMILES string of the molecule is Cc1ccc([C@@H](C)O)c(OCC(=O)N(C)C(C)C)c1. The number of rotatable bonds is 5. The van der Waals surface area contributed by atoms with Gasteiger partial charge in [0, 0.05) is 18.7 Å². The van der Waals surface area contributed by atoms with Crippen molar-refractivity contribution < 1.29 is 14.6 Å². The Morgan fingerprint density at radius 1 is 1.37 bits per heavy atom. The first-order chi connectivity index (χ1) is 8.82. The number of carbonyl (C=O) groups is 1. The number of likely N-dealkylation sites (N-methyl/N-ethyl adjacent to an activating group) is 1. The summed E-state index contributed by atoms with van der Waals surface area (Å²) in [4.78, 5) is 13.5. The third-order valence-electron chi connectivity index (χ3n) is 3.14. The van der Waals surface area contributed by atoms with E-state index in [2.05, 4.69) is 0 Å². The van der Waals surface area contributed by atoms with Gasteiger partial charge >= 0.3 is 0 Å². The summed E-state index contributed by atoms with van der Waals surface area (Å²) < 4.78 is 5.56. The summed E-state index contributed by atoms with van der Waals surface area (Å²) in [6.07, 6.45) is -0.617. The highest BCUT2D eigenvalue weighted by Crippen LogP contribution is 2.26. The van der Waals surface area contributed by atoms with Crippen LogP contribution in [0.3, 0.4) is 0 Å². The monoisotopic (exact) mass is 265 g/mol. The topological polar surface area (TPSA) is 49.8 Å². The van der Waals surface area contributed by atoms with Gasteiger partial charge in [0.1, 0.15) is 5.75 Å². The second kappa shape index (κ2) is 6.57. The fourth-order valence-electron chi connectivity index (χ4n) is 1.64. The second-order valence-corrected chi connectivity index (χ2v) is 5.10. The lowest BCUT2D eigenvalue weighted by molar-refractivity contribution is -0.133. The van der Waals surface area contributed by atoms with Gasteiger partial charge in [-0.25, -0.2) is 0 Å². The van der Waals surface area contributed by atoms with Crippen LogP contribution in [0.1, 0.15) is 38.0 Å². The van der Waals surface area contributed by atoms with Crippen molar-refractivity contribution in [1.82, 2.24) is 4.90 Å². The molecule has 0 saturated heterocycles. The zero-order chi connectivity index (χ0) is 14.6. The van der Waals surface area contributed by atoms with E-state index in [1.807, 2.05) is 39.0 Å². The molecule has 0 saturated carbocycles. The Morgan fingerprint density at radius 3 is 2.53 bits per heavy atom. The molecule has 0 aromatic heterocycles. The zero-order valence-corrected chi connectivity index (χ0v) is 12.3. The van der Waals surface area contributed by atoms with E-state index in [1.54, 1.807) is 18.9 Å². The van der Waals surface area contributed by atoms with Crippen LogP contribution >= 0.6 is 0 Å². The first-order valence-corrected chi connectivity index (χ1v) is 6.50. The van der Waals surface area contributed by atoms with Crippen LogP contribution in [0.25, 0.3) is 0 Å². The van der Waals surface area contributed by atoms with Crippen LogP contribution in [-0.2, 0) is 4.79 Å². The van der Waals surface area contributed by atoms with Gasteiger partial charge in [0.2, 0.25) is 0 Å². The van der Waals surface area contributed by atoms with Crippen molar-refractivity contribution in [2.24, 2.45) is 0 Å². The number of benzene rings is 1. The molecule has 0 heterocycles. The molecular weight excluding hydrogens is 242 g/mol. The maximum Gasteiger partial charge on any atom is 0.260 e. The van der Waals surface area contributed by atoms with Crippen molar-refractivity contribution in [3.05, 3.63) is 29.3 Å². The van der Waals surface area contributed by atoms with E-state index in [0.29, 0.717) is 11.3 Å². The molecule has 0 aliphatic carbocycles. The van der Waals surface area contributed by atoms with Crippen LogP contribution in [0.2, 0.25) is 0 Å². The zero-order valence-electron chi connectivity index (χ0n) is 12.3. The van der Waals surface area contributed by atoms with E-state index in [9.17, 15) is 9.90 Å². The summed E-state index contributed by atoms with van der Waals surface area (Å²) in [5.74, 6) is 0.494. The molecule has 1 amide bonds. The molecule has 0 fully saturated rings. The fraction of sp³-hybridized carbons (Fsp3) is 0.533. The van der Waals surface area contributed by atoms with Crippen LogP contribution in [0.4, 0.5) is 0 Å². The third-order valence-corrected chi connectivity index (χ3v) is 3.14. The lowest BCUT2D eigenvalue weighted by Gasteiger charge is -2.22. The molecule has 4 heteroatoms. The summed E-state index contributed by atoms with van der Waals surface area (Å²) >= 11 is 0. The number of carbonyl (C=O) groups excluding carboxylic acids is 1. The summed E-state index contributed by atoms with van der Waals surface area (Å²) in [6, 6.07) is 5.72. The van der Waals surface area contributed by atoms with Crippen LogP contribution in [0, 0.1) is 6.92 Å². The van der Waals surface area contributed by atoms with E-state index < -0.39 is 6.10 Å². The Bertz CT molecular complexity index is 441. The second-order valence-electron chi connectivity index (χ2n) is 5.10. The molecule has 0 aliphatic heterocycles. The number of aliphatic hydroxyl groups excluding tert-OH is 1. The van der Waals surface area contributed by atoms with Gasteiger partial charge in [-0.1, -0.05) is 12.1 Å². The van der Waals surface area contributed by atoms with E-state index in [1.165, 1.54) is 0 Å². The van der Waals surface area contributed by atoms with Gasteiger partial charge < -0.3 is 14.7 Å². The molecule has 1 aromatic carbocycles. The summed E-state index contributed by atoms with van der Waals surface area (Å²) in [5, 5.41) is 9.68. The Kier molecular flexibility index (Phi) is 5.36. The molecule has 1 rings (SSSR count). The lowest BCUT2D eigenvalue weighted by Crippen LogP contribution is -2.36. The first kappa shape index (κ1) is 15.5. The van der Waals surface area contributed by atoms with Gasteiger partial charge in [0.15, 0.2) is 6.61 Å². The number of nitrogens with zero attached hydrogens (tertiary/aromatic N) is 1. The predicted molar refractivity (Wildman–Crippen MR) is 75.2 cm³/mol. The van der Waals surface area contributed by atoms with Crippen molar-refractivity contribution >= 4 is 5.91 Å². The molecule has 0 radical (unpaired) electrons. The summed E-state index contributed by atoms with van der Waals surface area (Å²) in [5.41, 5.74) is 1.73. The standard InChI is InChI=1S/C15H23NO3/c1-10(2)16(5)15(18)9-19-14-8-11(3)6-7-13(14)12(4)17/h6-8,10,12,17H,9H2,1-5H3/t12-/m1/s1. The van der Waals surface area contributed by atoms with Crippen molar-refractivity contribution in [1.29, 1.82) is 0 Å². The Hall–Kier alpha value is -1.55. The molecule has 1 aromatic rings. The fourth-order valence-corrected chi connectivity index (χ4v) is 1.64. The van der Waals surface area contributed by atoms with Gasteiger partial charge in [-0.3, -0.25) is 4.79 Å². The number of ether oxygens (including phenoxy) is 1. The van der Waals surface area contributed by atoms with E-state index in [0.717, 1.165) is 5.56 Å². The minimum Gasteiger partial charge on any atom is -0.483 e. The van der Waals surface area contributed by atoms with Crippen LogP contribution in [0.5, 0.6) is 5.75 Å². The summed E-state index contributed by atoms with van der Waals surface area (Å²) in [6.45, 7) is 7.51. The molecular formula is C15H23NO3. The Morgan fingerprint density at radius 2 is 2.00 bits per heavy atom. The predicted octanol–water partition coefficient (Wildman–Crippen LogP) is 2.29. The average Bonchev–Trinajstić information content (AvgIpc) is 2.34. The highest BCUT2D eigenvalue weighted by atomic mass is 16.5. The van der Waals surface area contributed by atoms with Crippen molar-refractivity contribution in [3.8, 4) is 5.75 Å². The Balaban J connectivity index is 2.77. The number of amides is 1. The van der Waals surface area contributed by atoms with Crippen molar-refractivity contribution in [2.45, 2.75) is 39.8 Å². The van der Waals surface area contributed by atoms with Crippen molar-refractivity contribution in [3.63, 3.8) is 0 Å². The van der Waals surface area contributed by atoms with Gasteiger partial charge in [0.05, 0.1) is 6.10 Å². The number of hydrogen-bond acceptors (Lipinski definition) is 3. The first-order valence-electron chi connectivity index (χ1n) is 6.50. The Labute approximate surface area is 115 Å². The third kappa shape index (κ3) is 4.24. The van der Waals surface area contributed by atoms with Crippen LogP contribution in [-0.4, -0.2) is 35.6 Å². The van der Waals surface area contributed by atoms with E-state index in [-0.39, 0.29) is 18.6 Å². The molecule has 0 aliphatic rings. The number of aliphatic hydroxyl groups is 1. The molecule has 0 unspecified atom stereocenters. The van der Waals surface area contributed by atoms with Crippen LogP contribution < -0.4 is 4.74 Å². The minimum atomic E-state index is -0.617. The largest absolute Gasteiger partial charge is 0.483 e. The van der Waals surface area contributed by atoms with Crippen molar-refractivity contribution in [2.75, 3.05) is 13.7 Å². The van der Waals surface area contributed by atoms with Gasteiger partial charge in [-0.2, -0.15) is 0 Å². The molecule has 0 bridgehead atoms. The molecule has 1 atom stereocenters.